The van der Waals surface area contributed by atoms with Crippen molar-refractivity contribution in [3.05, 3.63) is 42.0 Å². The first-order chi connectivity index (χ1) is 15.8. The molecule has 9 heteroatoms. The summed E-state index contributed by atoms with van der Waals surface area (Å²) in [5.41, 5.74) is 2.62. The van der Waals surface area contributed by atoms with Crippen LogP contribution in [-0.4, -0.2) is 72.3 Å². The predicted octanol–water partition coefficient (Wildman–Crippen LogP) is 2.75. The van der Waals surface area contributed by atoms with Gasteiger partial charge in [0.2, 0.25) is 0 Å². The molecule has 2 fully saturated rings. The smallest absolute Gasteiger partial charge is 0.195 e. The SMILES string of the molecule is Fc1ccc2[nH]ccc2c1-c1nc(N2CCOCC2)c2oc(CN3CCNCC3)cc2n1. The lowest BCUT2D eigenvalue weighted by molar-refractivity contribution is 0.122. The summed E-state index contributed by atoms with van der Waals surface area (Å²) < 4.78 is 26.8. The molecule has 0 unspecified atom stereocenters. The molecule has 3 aromatic heterocycles. The van der Waals surface area contributed by atoms with E-state index in [4.69, 9.17) is 19.1 Å². The number of halogens is 1. The number of piperazine rings is 1. The van der Waals surface area contributed by atoms with Crippen LogP contribution in [0.5, 0.6) is 0 Å². The molecule has 166 valence electrons. The number of nitrogens with zero attached hydrogens (tertiary/aromatic N) is 4. The molecule has 2 saturated heterocycles. The zero-order valence-electron chi connectivity index (χ0n) is 17.7. The Balaban J connectivity index is 1.48. The summed E-state index contributed by atoms with van der Waals surface area (Å²) >= 11 is 0. The maximum absolute atomic E-state index is 15.0. The molecule has 6 rings (SSSR count). The highest BCUT2D eigenvalue weighted by Gasteiger charge is 2.24. The van der Waals surface area contributed by atoms with Gasteiger partial charge in [0, 0.05) is 62.4 Å². The Morgan fingerprint density at radius 3 is 2.72 bits per heavy atom. The van der Waals surface area contributed by atoms with Crippen molar-refractivity contribution in [2.45, 2.75) is 6.54 Å². The predicted molar refractivity (Wildman–Crippen MR) is 120 cm³/mol. The number of nitrogens with one attached hydrogen (secondary N) is 2. The average Bonchev–Trinajstić information content (AvgIpc) is 3.46. The van der Waals surface area contributed by atoms with Crippen molar-refractivity contribution in [3.63, 3.8) is 0 Å². The lowest BCUT2D eigenvalue weighted by Crippen LogP contribution is -2.42. The number of H-pyrrole nitrogens is 1. The van der Waals surface area contributed by atoms with Gasteiger partial charge in [0.1, 0.15) is 17.1 Å². The van der Waals surface area contributed by atoms with Gasteiger partial charge in [0.25, 0.3) is 0 Å². The molecule has 8 nitrogen and oxygen atoms in total. The molecule has 0 bridgehead atoms. The Hall–Kier alpha value is -3.01. The van der Waals surface area contributed by atoms with Gasteiger partial charge >= 0.3 is 0 Å². The molecule has 0 spiro atoms. The number of benzene rings is 1. The first-order valence-corrected chi connectivity index (χ1v) is 11.1. The second kappa shape index (κ2) is 8.16. The molecule has 2 aliphatic rings. The molecule has 2 aliphatic heterocycles. The number of morpholine rings is 1. The number of hydrogen-bond donors (Lipinski definition) is 2. The van der Waals surface area contributed by atoms with E-state index < -0.39 is 0 Å². The number of aromatic nitrogens is 3. The Bertz CT molecular complexity index is 1260. The molecule has 0 atom stereocenters. The summed E-state index contributed by atoms with van der Waals surface area (Å²) in [7, 11) is 0. The second-order valence-electron chi connectivity index (χ2n) is 8.28. The minimum Gasteiger partial charge on any atom is -0.454 e. The largest absolute Gasteiger partial charge is 0.454 e. The van der Waals surface area contributed by atoms with Gasteiger partial charge in [-0.15, -0.1) is 0 Å². The Labute approximate surface area is 184 Å². The van der Waals surface area contributed by atoms with Gasteiger partial charge in [-0.2, -0.15) is 0 Å². The summed E-state index contributed by atoms with van der Waals surface area (Å²) in [5, 5.41) is 4.14. The third kappa shape index (κ3) is 3.52. The van der Waals surface area contributed by atoms with E-state index in [9.17, 15) is 0 Å². The van der Waals surface area contributed by atoms with Crippen LogP contribution in [0, 0.1) is 5.82 Å². The van der Waals surface area contributed by atoms with Crippen LogP contribution in [-0.2, 0) is 11.3 Å². The van der Waals surface area contributed by atoms with E-state index in [0.29, 0.717) is 54.6 Å². The van der Waals surface area contributed by atoms with E-state index in [-0.39, 0.29) is 5.82 Å². The van der Waals surface area contributed by atoms with E-state index >= 15 is 4.39 Å². The molecule has 0 saturated carbocycles. The number of hydrogen-bond acceptors (Lipinski definition) is 7. The van der Waals surface area contributed by atoms with Crippen molar-refractivity contribution in [2.75, 3.05) is 57.4 Å². The van der Waals surface area contributed by atoms with Crippen molar-refractivity contribution < 1.29 is 13.5 Å². The van der Waals surface area contributed by atoms with Crippen LogP contribution in [0.4, 0.5) is 10.2 Å². The van der Waals surface area contributed by atoms with Crippen LogP contribution in [0.15, 0.2) is 34.9 Å². The molecule has 1 aromatic carbocycles. The molecular weight excluding hydrogens is 411 g/mol. The highest BCUT2D eigenvalue weighted by Crippen LogP contribution is 2.34. The number of rotatable bonds is 4. The maximum Gasteiger partial charge on any atom is 0.195 e. The fraction of sp³-hybridized carbons (Fsp3) is 0.391. The first-order valence-electron chi connectivity index (χ1n) is 11.1. The van der Waals surface area contributed by atoms with Crippen molar-refractivity contribution in [3.8, 4) is 11.4 Å². The number of fused-ring (bicyclic) bond motifs is 2. The third-order valence-electron chi connectivity index (χ3n) is 6.21. The zero-order chi connectivity index (χ0) is 21.5. The summed E-state index contributed by atoms with van der Waals surface area (Å²) in [5.74, 6) is 1.58. The Kier molecular flexibility index (Phi) is 5.01. The Morgan fingerprint density at radius 2 is 1.88 bits per heavy atom. The van der Waals surface area contributed by atoms with E-state index in [1.807, 2.05) is 12.1 Å². The molecule has 2 N–H and O–H groups in total. The van der Waals surface area contributed by atoms with Crippen molar-refractivity contribution in [1.29, 1.82) is 0 Å². The highest BCUT2D eigenvalue weighted by atomic mass is 19.1. The molecule has 0 aliphatic carbocycles. The van der Waals surface area contributed by atoms with Crippen molar-refractivity contribution >= 4 is 27.8 Å². The number of furan rings is 1. The minimum atomic E-state index is -0.339. The third-order valence-corrected chi connectivity index (χ3v) is 6.21. The van der Waals surface area contributed by atoms with E-state index in [0.717, 1.165) is 49.4 Å². The standard InChI is InChI=1S/C23H25FN6O2/c24-17-1-2-18-16(3-4-26-18)20(17)22-27-19-13-15(14-29-7-5-25-6-8-29)32-21(19)23(28-22)30-9-11-31-12-10-30/h1-4,13,25-26H,5-12,14H2. The zero-order valence-corrected chi connectivity index (χ0v) is 17.7. The normalized spacial score (nSPS) is 18.1. The monoisotopic (exact) mass is 436 g/mol. The lowest BCUT2D eigenvalue weighted by atomic mass is 10.1. The van der Waals surface area contributed by atoms with E-state index in [1.165, 1.54) is 6.07 Å². The van der Waals surface area contributed by atoms with Crippen molar-refractivity contribution in [1.82, 2.24) is 25.2 Å². The maximum atomic E-state index is 15.0. The van der Waals surface area contributed by atoms with E-state index in [1.54, 1.807) is 12.3 Å². The highest BCUT2D eigenvalue weighted by molar-refractivity contribution is 5.95. The summed E-state index contributed by atoms with van der Waals surface area (Å²) in [4.78, 5) is 17.2. The van der Waals surface area contributed by atoms with Gasteiger partial charge in [0.05, 0.1) is 25.3 Å². The Morgan fingerprint density at radius 1 is 1.03 bits per heavy atom. The molecule has 32 heavy (non-hydrogen) atoms. The fourth-order valence-corrected chi connectivity index (χ4v) is 4.57. The van der Waals surface area contributed by atoms with Crippen LogP contribution < -0.4 is 10.2 Å². The summed E-state index contributed by atoms with van der Waals surface area (Å²) in [6, 6.07) is 7.03. The van der Waals surface area contributed by atoms with E-state index in [2.05, 4.69) is 20.1 Å². The number of ether oxygens (including phenoxy) is 1. The number of anilines is 1. The molecule has 0 amide bonds. The molecule has 5 heterocycles. The summed E-state index contributed by atoms with van der Waals surface area (Å²) in [6.07, 6.45) is 1.80. The fourth-order valence-electron chi connectivity index (χ4n) is 4.57. The molecular formula is C23H25FN6O2. The lowest BCUT2D eigenvalue weighted by Gasteiger charge is -2.28. The van der Waals surface area contributed by atoms with Gasteiger partial charge in [-0.25, -0.2) is 14.4 Å². The van der Waals surface area contributed by atoms with Crippen LogP contribution in [0.1, 0.15) is 5.76 Å². The van der Waals surface area contributed by atoms with Gasteiger partial charge < -0.3 is 24.4 Å². The van der Waals surface area contributed by atoms with Crippen LogP contribution >= 0.6 is 0 Å². The first kappa shape index (κ1) is 19.7. The van der Waals surface area contributed by atoms with Crippen LogP contribution in [0.2, 0.25) is 0 Å². The quantitative estimate of drug-likeness (QED) is 0.509. The van der Waals surface area contributed by atoms with Crippen LogP contribution in [0.3, 0.4) is 0 Å². The molecule has 4 aromatic rings. The molecule has 0 radical (unpaired) electrons. The van der Waals surface area contributed by atoms with Crippen LogP contribution in [0.25, 0.3) is 33.4 Å². The topological polar surface area (TPSA) is 82.5 Å². The van der Waals surface area contributed by atoms with Gasteiger partial charge in [0.15, 0.2) is 17.2 Å². The summed E-state index contributed by atoms with van der Waals surface area (Å²) in [6.45, 7) is 7.28. The van der Waals surface area contributed by atoms with Gasteiger partial charge in [-0.05, 0) is 18.2 Å². The van der Waals surface area contributed by atoms with Gasteiger partial charge in [-0.1, -0.05) is 0 Å². The van der Waals surface area contributed by atoms with Crippen molar-refractivity contribution in [2.24, 2.45) is 0 Å². The second-order valence-corrected chi connectivity index (χ2v) is 8.28. The number of aromatic amines is 1. The minimum absolute atomic E-state index is 0.339. The average molecular weight is 436 g/mol. The van der Waals surface area contributed by atoms with Gasteiger partial charge in [-0.3, -0.25) is 4.90 Å².